The van der Waals surface area contributed by atoms with Gasteiger partial charge in [-0.3, -0.25) is 24.2 Å². The molecule has 3 amide bonds. The molecule has 0 aliphatic carbocycles. The minimum Gasteiger partial charge on any atom is -0.465 e. The molecule has 1 aromatic carbocycles. The number of benzene rings is 1. The standard InChI is InChI=1S/C23H33N3O6/c1-6-31-19(27)15-26(17-11-8-7-9-12-17)21(29)16(2)24-20(28)18-13-10-14-25(18)22(30)32-23(3,4)5/h7-9,11-12,16,18H,6,10,13-15H2,1-5H3,(H,24,28)/t16-,18-/m0/s1. The number of nitrogens with zero attached hydrogens (tertiary/aromatic N) is 2. The summed E-state index contributed by atoms with van der Waals surface area (Å²) < 4.78 is 10.4. The van der Waals surface area contributed by atoms with E-state index >= 15 is 0 Å². The lowest BCUT2D eigenvalue weighted by molar-refractivity contribution is -0.142. The lowest BCUT2D eigenvalue weighted by Crippen LogP contribution is -2.54. The van der Waals surface area contributed by atoms with Crippen LogP contribution < -0.4 is 10.2 Å². The van der Waals surface area contributed by atoms with Gasteiger partial charge in [0, 0.05) is 12.2 Å². The maximum Gasteiger partial charge on any atom is 0.410 e. The molecule has 1 saturated heterocycles. The molecule has 176 valence electrons. The predicted octanol–water partition coefficient (Wildman–Crippen LogP) is 2.49. The van der Waals surface area contributed by atoms with Gasteiger partial charge in [0.15, 0.2) is 0 Å². The fraction of sp³-hybridized carbons (Fsp3) is 0.565. The van der Waals surface area contributed by atoms with Crippen molar-refractivity contribution in [3.63, 3.8) is 0 Å². The Labute approximate surface area is 189 Å². The Morgan fingerprint density at radius 1 is 1.19 bits per heavy atom. The number of carbonyl (C=O) groups is 4. The van der Waals surface area contributed by atoms with E-state index in [1.54, 1.807) is 65.0 Å². The first kappa shape index (κ1) is 25.2. The number of esters is 1. The summed E-state index contributed by atoms with van der Waals surface area (Å²) >= 11 is 0. The van der Waals surface area contributed by atoms with Gasteiger partial charge >= 0.3 is 12.1 Å². The van der Waals surface area contributed by atoms with Crippen LogP contribution in [0.15, 0.2) is 30.3 Å². The van der Waals surface area contributed by atoms with Crippen LogP contribution in [-0.4, -0.2) is 66.2 Å². The molecule has 1 aromatic rings. The quantitative estimate of drug-likeness (QED) is 0.644. The molecule has 2 rings (SSSR count). The van der Waals surface area contributed by atoms with E-state index in [4.69, 9.17) is 9.47 Å². The highest BCUT2D eigenvalue weighted by molar-refractivity contribution is 6.02. The highest BCUT2D eigenvalue weighted by atomic mass is 16.6. The van der Waals surface area contributed by atoms with Crippen LogP contribution in [-0.2, 0) is 23.9 Å². The maximum absolute atomic E-state index is 13.1. The average molecular weight is 448 g/mol. The Morgan fingerprint density at radius 2 is 1.84 bits per heavy atom. The van der Waals surface area contributed by atoms with Crippen LogP contribution in [0.1, 0.15) is 47.5 Å². The molecule has 9 heteroatoms. The molecule has 1 fully saturated rings. The van der Waals surface area contributed by atoms with E-state index in [-0.39, 0.29) is 13.2 Å². The van der Waals surface area contributed by atoms with Crippen LogP contribution in [0.2, 0.25) is 0 Å². The van der Waals surface area contributed by atoms with Crippen molar-refractivity contribution in [1.29, 1.82) is 0 Å². The summed E-state index contributed by atoms with van der Waals surface area (Å²) in [7, 11) is 0. The molecule has 1 aliphatic heterocycles. The number of carbonyl (C=O) groups excluding carboxylic acids is 4. The van der Waals surface area contributed by atoms with Crippen molar-refractivity contribution in [1.82, 2.24) is 10.2 Å². The van der Waals surface area contributed by atoms with Crippen molar-refractivity contribution in [2.24, 2.45) is 0 Å². The summed E-state index contributed by atoms with van der Waals surface area (Å²) in [6.45, 7) is 8.86. The molecule has 0 spiro atoms. The summed E-state index contributed by atoms with van der Waals surface area (Å²) in [4.78, 5) is 53.2. The first-order chi connectivity index (χ1) is 15.0. The Bertz CT molecular complexity index is 821. The van der Waals surface area contributed by atoms with Crippen molar-refractivity contribution >= 4 is 29.6 Å². The number of rotatable bonds is 7. The van der Waals surface area contributed by atoms with E-state index in [0.717, 1.165) is 0 Å². The third-order valence-electron chi connectivity index (χ3n) is 4.84. The zero-order chi connectivity index (χ0) is 23.9. The van der Waals surface area contributed by atoms with Crippen LogP contribution in [0.25, 0.3) is 0 Å². The molecule has 1 N–H and O–H groups in total. The molecule has 2 atom stereocenters. The SMILES string of the molecule is CCOC(=O)CN(C(=O)[C@H](C)NC(=O)[C@@H]1CCCN1C(=O)OC(C)(C)C)c1ccccc1. The van der Waals surface area contributed by atoms with Gasteiger partial charge in [-0.25, -0.2) is 4.79 Å². The first-order valence-electron chi connectivity index (χ1n) is 10.9. The molecule has 0 unspecified atom stereocenters. The minimum atomic E-state index is -0.918. The van der Waals surface area contributed by atoms with E-state index in [1.165, 1.54) is 9.80 Å². The van der Waals surface area contributed by atoms with Crippen molar-refractivity contribution < 1.29 is 28.7 Å². The fourth-order valence-electron chi connectivity index (χ4n) is 3.42. The molecular formula is C23H33N3O6. The summed E-state index contributed by atoms with van der Waals surface area (Å²) in [6.07, 6.45) is 0.595. The summed E-state index contributed by atoms with van der Waals surface area (Å²) in [5.41, 5.74) is -0.157. The van der Waals surface area contributed by atoms with Crippen LogP contribution in [0.5, 0.6) is 0 Å². The van der Waals surface area contributed by atoms with Crippen molar-refractivity contribution in [2.75, 3.05) is 24.6 Å². The molecule has 0 radical (unpaired) electrons. The smallest absolute Gasteiger partial charge is 0.410 e. The van der Waals surface area contributed by atoms with E-state index < -0.39 is 41.6 Å². The van der Waals surface area contributed by atoms with Crippen LogP contribution in [0.4, 0.5) is 10.5 Å². The Balaban J connectivity index is 2.10. The van der Waals surface area contributed by atoms with E-state index in [2.05, 4.69) is 5.32 Å². The second kappa shape index (κ2) is 11.0. The summed E-state index contributed by atoms with van der Waals surface area (Å²) in [5.74, 6) is -1.44. The second-order valence-electron chi connectivity index (χ2n) is 8.63. The highest BCUT2D eigenvalue weighted by Crippen LogP contribution is 2.21. The molecule has 0 bridgehead atoms. The zero-order valence-corrected chi connectivity index (χ0v) is 19.4. The molecular weight excluding hydrogens is 414 g/mol. The summed E-state index contributed by atoms with van der Waals surface area (Å²) in [5, 5.41) is 2.69. The van der Waals surface area contributed by atoms with E-state index in [0.29, 0.717) is 25.1 Å². The largest absolute Gasteiger partial charge is 0.465 e. The number of amides is 3. The minimum absolute atomic E-state index is 0.199. The number of para-hydroxylation sites is 1. The molecule has 1 heterocycles. The van der Waals surface area contributed by atoms with Gasteiger partial charge in [0.2, 0.25) is 11.8 Å². The van der Waals surface area contributed by atoms with Gasteiger partial charge in [-0.1, -0.05) is 18.2 Å². The second-order valence-corrected chi connectivity index (χ2v) is 8.63. The van der Waals surface area contributed by atoms with E-state index in [1.807, 2.05) is 0 Å². The monoisotopic (exact) mass is 447 g/mol. The Morgan fingerprint density at radius 3 is 2.44 bits per heavy atom. The third kappa shape index (κ3) is 6.96. The molecule has 32 heavy (non-hydrogen) atoms. The third-order valence-corrected chi connectivity index (χ3v) is 4.84. The normalized spacial score (nSPS) is 16.8. The number of likely N-dealkylation sites (tertiary alicyclic amines) is 1. The number of hydrogen-bond acceptors (Lipinski definition) is 6. The van der Waals surface area contributed by atoms with Crippen molar-refractivity contribution in [3.8, 4) is 0 Å². The van der Waals surface area contributed by atoms with Gasteiger partial charge in [0.25, 0.3) is 0 Å². The lowest BCUT2D eigenvalue weighted by Gasteiger charge is -2.29. The number of nitrogens with one attached hydrogen (secondary N) is 1. The molecule has 0 aromatic heterocycles. The number of hydrogen-bond donors (Lipinski definition) is 1. The van der Waals surface area contributed by atoms with E-state index in [9.17, 15) is 19.2 Å². The van der Waals surface area contributed by atoms with Gasteiger partial charge in [-0.15, -0.1) is 0 Å². The van der Waals surface area contributed by atoms with Gasteiger partial charge in [0.05, 0.1) is 6.61 Å². The zero-order valence-electron chi connectivity index (χ0n) is 19.4. The molecule has 0 saturated carbocycles. The van der Waals surface area contributed by atoms with Gasteiger partial charge in [-0.2, -0.15) is 0 Å². The van der Waals surface area contributed by atoms with Gasteiger partial charge < -0.3 is 14.8 Å². The number of ether oxygens (including phenoxy) is 2. The van der Waals surface area contributed by atoms with Crippen LogP contribution in [0, 0.1) is 0 Å². The highest BCUT2D eigenvalue weighted by Gasteiger charge is 2.38. The predicted molar refractivity (Wildman–Crippen MR) is 119 cm³/mol. The number of anilines is 1. The molecule has 1 aliphatic rings. The Kier molecular flexibility index (Phi) is 8.63. The Hall–Kier alpha value is -3.10. The van der Waals surface area contributed by atoms with Gasteiger partial charge in [0.1, 0.15) is 24.2 Å². The fourth-order valence-corrected chi connectivity index (χ4v) is 3.42. The lowest BCUT2D eigenvalue weighted by atomic mass is 10.1. The summed E-state index contributed by atoms with van der Waals surface area (Å²) in [6, 6.07) is 7.07. The van der Waals surface area contributed by atoms with Crippen molar-refractivity contribution in [3.05, 3.63) is 30.3 Å². The maximum atomic E-state index is 13.1. The average Bonchev–Trinajstić information content (AvgIpc) is 3.21. The van der Waals surface area contributed by atoms with Gasteiger partial charge in [-0.05, 0) is 59.6 Å². The van der Waals surface area contributed by atoms with Crippen molar-refractivity contribution in [2.45, 2.75) is 65.1 Å². The topological polar surface area (TPSA) is 105 Å². The van der Waals surface area contributed by atoms with Crippen LogP contribution >= 0.6 is 0 Å². The van der Waals surface area contributed by atoms with Crippen LogP contribution in [0.3, 0.4) is 0 Å². The first-order valence-corrected chi connectivity index (χ1v) is 10.9. The molecule has 9 nitrogen and oxygen atoms in total.